The largest absolute Gasteiger partial charge is 0.326 e. The molecule has 15 heavy (non-hydrogen) atoms. The summed E-state index contributed by atoms with van der Waals surface area (Å²) in [6.45, 7) is 0. The van der Waals surface area contributed by atoms with Gasteiger partial charge in [-0.25, -0.2) is 0 Å². The Morgan fingerprint density at radius 1 is 1.53 bits per heavy atom. The molecule has 0 radical (unpaired) electrons. The maximum absolute atomic E-state index is 11.5. The predicted molar refractivity (Wildman–Crippen MR) is 65.1 cm³/mol. The van der Waals surface area contributed by atoms with Crippen LogP contribution >= 0.6 is 27.5 Å². The maximum Gasteiger partial charge on any atom is 0.224 e. The smallest absolute Gasteiger partial charge is 0.224 e. The van der Waals surface area contributed by atoms with Gasteiger partial charge in [-0.2, -0.15) is 0 Å². The fourth-order valence-corrected chi connectivity index (χ4v) is 1.87. The molecule has 1 aliphatic rings. The Balaban J connectivity index is 1.97. The molecule has 1 fully saturated rings. The van der Waals surface area contributed by atoms with Crippen LogP contribution in [0, 0.1) is 5.92 Å². The molecule has 1 aromatic carbocycles. The van der Waals surface area contributed by atoms with E-state index in [9.17, 15) is 4.79 Å². The molecule has 0 spiro atoms. The van der Waals surface area contributed by atoms with E-state index in [2.05, 4.69) is 21.2 Å². The highest BCUT2D eigenvalue weighted by atomic mass is 79.9. The quantitative estimate of drug-likeness (QED) is 0.899. The first-order valence-corrected chi connectivity index (χ1v) is 6.07. The molecular formula is C11H11BrClNO. The zero-order valence-electron chi connectivity index (χ0n) is 8.09. The predicted octanol–water partition coefficient (Wildman–Crippen LogP) is 3.84. The number of rotatable bonds is 3. The van der Waals surface area contributed by atoms with Gasteiger partial charge in [-0.05, 0) is 52.9 Å². The Bertz CT molecular complexity index is 390. The molecule has 0 aromatic heterocycles. The van der Waals surface area contributed by atoms with Crippen molar-refractivity contribution in [3.8, 4) is 0 Å². The molecular weight excluding hydrogens is 277 g/mol. The molecule has 1 amide bonds. The van der Waals surface area contributed by atoms with Gasteiger partial charge < -0.3 is 5.32 Å². The van der Waals surface area contributed by atoms with E-state index in [1.165, 1.54) is 12.8 Å². The lowest BCUT2D eigenvalue weighted by atomic mass is 10.2. The van der Waals surface area contributed by atoms with E-state index in [4.69, 9.17) is 11.6 Å². The van der Waals surface area contributed by atoms with E-state index >= 15 is 0 Å². The van der Waals surface area contributed by atoms with Gasteiger partial charge in [0.15, 0.2) is 0 Å². The van der Waals surface area contributed by atoms with Crippen molar-refractivity contribution in [2.45, 2.75) is 19.3 Å². The van der Waals surface area contributed by atoms with Gasteiger partial charge in [-0.3, -0.25) is 4.79 Å². The van der Waals surface area contributed by atoms with Crippen LogP contribution in [0.15, 0.2) is 22.7 Å². The number of amides is 1. The Kier molecular flexibility index (Phi) is 3.32. The fraction of sp³-hybridized carbons (Fsp3) is 0.364. The highest BCUT2D eigenvalue weighted by Gasteiger charge is 2.24. The normalized spacial score (nSPS) is 15.1. The van der Waals surface area contributed by atoms with Gasteiger partial charge in [-0.1, -0.05) is 11.6 Å². The van der Waals surface area contributed by atoms with Crippen LogP contribution in [0.1, 0.15) is 19.3 Å². The molecule has 2 nitrogen and oxygen atoms in total. The summed E-state index contributed by atoms with van der Waals surface area (Å²) in [4.78, 5) is 11.5. The number of benzene rings is 1. The van der Waals surface area contributed by atoms with Gasteiger partial charge in [0.1, 0.15) is 0 Å². The lowest BCUT2D eigenvalue weighted by Crippen LogP contribution is -2.11. The van der Waals surface area contributed by atoms with E-state index in [1.807, 2.05) is 6.07 Å². The first-order valence-electron chi connectivity index (χ1n) is 4.90. The van der Waals surface area contributed by atoms with E-state index in [0.717, 1.165) is 10.2 Å². The molecule has 2 rings (SSSR count). The van der Waals surface area contributed by atoms with Crippen LogP contribution in [0.2, 0.25) is 5.02 Å². The van der Waals surface area contributed by atoms with Crippen LogP contribution in [0.5, 0.6) is 0 Å². The van der Waals surface area contributed by atoms with Crippen molar-refractivity contribution in [2.24, 2.45) is 5.92 Å². The van der Waals surface area contributed by atoms with Gasteiger partial charge in [0, 0.05) is 16.6 Å². The third-order valence-electron chi connectivity index (χ3n) is 2.37. The SMILES string of the molecule is O=C(CC1CC1)Nc1ccc(Cl)c(Br)c1. The number of hydrogen-bond acceptors (Lipinski definition) is 1. The Morgan fingerprint density at radius 3 is 2.87 bits per heavy atom. The minimum atomic E-state index is 0.0896. The van der Waals surface area contributed by atoms with Gasteiger partial charge in [0.2, 0.25) is 5.91 Å². The number of anilines is 1. The first kappa shape index (κ1) is 11.0. The minimum Gasteiger partial charge on any atom is -0.326 e. The maximum atomic E-state index is 11.5. The Morgan fingerprint density at radius 2 is 2.27 bits per heavy atom. The molecule has 1 aromatic rings. The van der Waals surface area contributed by atoms with E-state index in [0.29, 0.717) is 17.4 Å². The molecule has 1 saturated carbocycles. The third-order valence-corrected chi connectivity index (χ3v) is 3.59. The topological polar surface area (TPSA) is 29.1 Å². The Labute approximate surface area is 102 Å². The van der Waals surface area contributed by atoms with Gasteiger partial charge in [-0.15, -0.1) is 0 Å². The number of nitrogens with one attached hydrogen (secondary N) is 1. The van der Waals surface area contributed by atoms with Crippen LogP contribution in [-0.4, -0.2) is 5.91 Å². The highest BCUT2D eigenvalue weighted by Crippen LogP contribution is 2.33. The molecule has 0 aliphatic heterocycles. The van der Waals surface area contributed by atoms with Crippen molar-refractivity contribution in [1.82, 2.24) is 0 Å². The molecule has 0 unspecified atom stereocenters. The number of carbonyl (C=O) groups excluding carboxylic acids is 1. The van der Waals surface area contributed by atoms with Crippen molar-refractivity contribution in [1.29, 1.82) is 0 Å². The highest BCUT2D eigenvalue weighted by molar-refractivity contribution is 9.10. The number of halogens is 2. The summed E-state index contributed by atoms with van der Waals surface area (Å²) in [5.74, 6) is 0.701. The lowest BCUT2D eigenvalue weighted by Gasteiger charge is -2.05. The standard InChI is InChI=1S/C11H11BrClNO/c12-9-6-8(3-4-10(9)13)14-11(15)5-7-1-2-7/h3-4,6-7H,1-2,5H2,(H,14,15). The number of hydrogen-bond donors (Lipinski definition) is 1. The van der Waals surface area contributed by atoms with E-state index < -0.39 is 0 Å². The average molecular weight is 289 g/mol. The molecule has 0 saturated heterocycles. The van der Waals surface area contributed by atoms with Crippen LogP contribution in [0.3, 0.4) is 0 Å². The number of carbonyl (C=O) groups is 1. The second kappa shape index (κ2) is 4.54. The molecule has 0 atom stereocenters. The van der Waals surface area contributed by atoms with Crippen molar-refractivity contribution in [3.63, 3.8) is 0 Å². The molecule has 1 aliphatic carbocycles. The summed E-state index contributed by atoms with van der Waals surface area (Å²) in [5.41, 5.74) is 0.789. The summed E-state index contributed by atoms with van der Waals surface area (Å²) < 4.78 is 0.799. The zero-order chi connectivity index (χ0) is 10.8. The zero-order valence-corrected chi connectivity index (χ0v) is 10.4. The summed E-state index contributed by atoms with van der Waals surface area (Å²) in [5, 5.41) is 3.50. The van der Waals surface area contributed by atoms with Crippen molar-refractivity contribution in [2.75, 3.05) is 5.32 Å². The second-order valence-corrected chi connectivity index (χ2v) is 5.09. The Hall–Kier alpha value is -0.540. The fourth-order valence-electron chi connectivity index (χ4n) is 1.37. The summed E-state index contributed by atoms with van der Waals surface area (Å²) in [6, 6.07) is 5.38. The summed E-state index contributed by atoms with van der Waals surface area (Å²) in [6.07, 6.45) is 3.02. The average Bonchev–Trinajstić information content (AvgIpc) is 2.95. The lowest BCUT2D eigenvalue weighted by molar-refractivity contribution is -0.116. The minimum absolute atomic E-state index is 0.0896. The molecule has 4 heteroatoms. The van der Waals surface area contributed by atoms with Crippen LogP contribution in [0.4, 0.5) is 5.69 Å². The summed E-state index contributed by atoms with van der Waals surface area (Å²) in [7, 11) is 0. The van der Waals surface area contributed by atoms with Gasteiger partial charge in [0.05, 0.1) is 5.02 Å². The van der Waals surface area contributed by atoms with E-state index in [-0.39, 0.29) is 5.91 Å². The second-order valence-electron chi connectivity index (χ2n) is 3.82. The van der Waals surface area contributed by atoms with Gasteiger partial charge in [0.25, 0.3) is 0 Å². The molecule has 0 bridgehead atoms. The molecule has 1 N–H and O–H groups in total. The third kappa shape index (κ3) is 3.21. The van der Waals surface area contributed by atoms with Gasteiger partial charge >= 0.3 is 0 Å². The van der Waals surface area contributed by atoms with Crippen LogP contribution in [0.25, 0.3) is 0 Å². The van der Waals surface area contributed by atoms with Crippen molar-refractivity contribution >= 4 is 39.1 Å². The monoisotopic (exact) mass is 287 g/mol. The van der Waals surface area contributed by atoms with Crippen LogP contribution < -0.4 is 5.32 Å². The van der Waals surface area contributed by atoms with E-state index in [1.54, 1.807) is 12.1 Å². The molecule has 80 valence electrons. The first-order chi connectivity index (χ1) is 7.15. The van der Waals surface area contributed by atoms with Crippen LogP contribution in [-0.2, 0) is 4.79 Å². The summed E-state index contributed by atoms with van der Waals surface area (Å²) >= 11 is 9.17. The van der Waals surface area contributed by atoms with Crippen molar-refractivity contribution in [3.05, 3.63) is 27.7 Å². The van der Waals surface area contributed by atoms with Crippen molar-refractivity contribution < 1.29 is 4.79 Å². The molecule has 0 heterocycles.